The van der Waals surface area contributed by atoms with Crippen LogP contribution < -0.4 is 4.74 Å². The largest absolute Gasteiger partial charge is 0.497 e. The quantitative estimate of drug-likeness (QED) is 0.539. The summed E-state index contributed by atoms with van der Waals surface area (Å²) in [4.78, 5) is 28.3. The van der Waals surface area contributed by atoms with Crippen molar-refractivity contribution in [2.24, 2.45) is 11.0 Å². The van der Waals surface area contributed by atoms with Crippen molar-refractivity contribution < 1.29 is 23.5 Å². The zero-order valence-corrected chi connectivity index (χ0v) is 20.3. The van der Waals surface area contributed by atoms with E-state index in [2.05, 4.69) is 5.10 Å². The van der Waals surface area contributed by atoms with Gasteiger partial charge in [-0.1, -0.05) is 43.2 Å². The summed E-state index contributed by atoms with van der Waals surface area (Å²) in [5.74, 6) is -0.150. The van der Waals surface area contributed by atoms with Gasteiger partial charge in [0.05, 0.1) is 25.5 Å². The average Bonchev–Trinajstić information content (AvgIpc) is 3.57. The van der Waals surface area contributed by atoms with Crippen molar-refractivity contribution in [3.8, 4) is 5.75 Å². The fraction of sp³-hybridized carbons (Fsp3) is 0.444. The van der Waals surface area contributed by atoms with Gasteiger partial charge in [0.15, 0.2) is 0 Å². The predicted molar refractivity (Wildman–Crippen MR) is 131 cm³/mol. The molecule has 1 heterocycles. The van der Waals surface area contributed by atoms with Crippen LogP contribution in [0.1, 0.15) is 49.3 Å². The minimum absolute atomic E-state index is 0.0217. The van der Waals surface area contributed by atoms with E-state index in [-0.39, 0.29) is 24.3 Å². The van der Waals surface area contributed by atoms with Crippen molar-refractivity contribution in [3.63, 3.8) is 0 Å². The fourth-order valence-electron chi connectivity index (χ4n) is 4.84. The molecule has 4 rings (SSSR count). The zero-order chi connectivity index (χ0) is 24.8. The number of hydrogen-bond donors (Lipinski definition) is 0. The molecule has 1 unspecified atom stereocenters. The summed E-state index contributed by atoms with van der Waals surface area (Å²) < 4.78 is 25.3. The van der Waals surface area contributed by atoms with Crippen LogP contribution in [-0.4, -0.2) is 61.4 Å². The Morgan fingerprint density at radius 3 is 2.60 bits per heavy atom. The Balaban J connectivity index is 1.62. The third kappa shape index (κ3) is 5.70. The molecule has 186 valence electrons. The van der Waals surface area contributed by atoms with E-state index in [1.54, 1.807) is 37.3 Å². The Morgan fingerprint density at radius 2 is 1.89 bits per heavy atom. The van der Waals surface area contributed by atoms with E-state index in [9.17, 15) is 14.0 Å². The maximum absolute atomic E-state index is 14.8. The summed E-state index contributed by atoms with van der Waals surface area (Å²) >= 11 is 0. The summed E-state index contributed by atoms with van der Waals surface area (Å²) in [7, 11) is 3.16. The van der Waals surface area contributed by atoms with E-state index in [1.165, 1.54) is 11.1 Å². The molecule has 8 heteroatoms. The number of rotatable bonds is 9. The molecule has 1 atom stereocenters. The van der Waals surface area contributed by atoms with Gasteiger partial charge in [-0.25, -0.2) is 9.40 Å². The highest BCUT2D eigenvalue weighted by molar-refractivity contribution is 6.03. The zero-order valence-electron chi connectivity index (χ0n) is 20.3. The number of amides is 2. The molecule has 2 aromatic rings. The molecule has 7 nitrogen and oxygen atoms in total. The number of benzene rings is 2. The van der Waals surface area contributed by atoms with Gasteiger partial charge in [0, 0.05) is 37.1 Å². The molecular formula is C27H32FN3O4. The van der Waals surface area contributed by atoms with Crippen molar-refractivity contribution >= 4 is 17.5 Å². The molecule has 0 N–H and O–H groups in total. The topological polar surface area (TPSA) is 71.4 Å². The average molecular weight is 482 g/mol. The lowest BCUT2D eigenvalue weighted by Gasteiger charge is -2.28. The van der Waals surface area contributed by atoms with E-state index in [0.29, 0.717) is 36.6 Å². The van der Waals surface area contributed by atoms with Gasteiger partial charge in [0.2, 0.25) is 5.91 Å². The van der Waals surface area contributed by atoms with Crippen LogP contribution in [-0.2, 0) is 14.3 Å². The van der Waals surface area contributed by atoms with Gasteiger partial charge in [-0.15, -0.1) is 0 Å². The number of methoxy groups -OCH3 is 2. The van der Waals surface area contributed by atoms with Gasteiger partial charge in [-0.2, -0.15) is 5.10 Å². The molecular weight excluding hydrogens is 449 g/mol. The second-order valence-electron chi connectivity index (χ2n) is 8.99. The van der Waals surface area contributed by atoms with Crippen LogP contribution in [0.3, 0.4) is 0 Å². The van der Waals surface area contributed by atoms with Gasteiger partial charge < -0.3 is 14.4 Å². The number of halogens is 1. The molecule has 1 fully saturated rings. The van der Waals surface area contributed by atoms with Crippen molar-refractivity contribution in [1.82, 2.24) is 9.91 Å². The molecule has 2 aromatic carbocycles. The normalized spacial score (nSPS) is 18.0. The lowest BCUT2D eigenvalue weighted by atomic mass is 9.98. The molecule has 0 spiro atoms. The number of carbonyl (C=O) groups is 2. The second-order valence-corrected chi connectivity index (χ2v) is 8.99. The first-order valence-corrected chi connectivity index (χ1v) is 12.1. The summed E-state index contributed by atoms with van der Waals surface area (Å²) in [6, 6.07) is 13.3. The van der Waals surface area contributed by atoms with Crippen LogP contribution in [0.25, 0.3) is 0 Å². The monoisotopic (exact) mass is 481 g/mol. The summed E-state index contributed by atoms with van der Waals surface area (Å²) in [6.45, 7) is 0.529. The van der Waals surface area contributed by atoms with Crippen LogP contribution in [0.4, 0.5) is 4.39 Å². The van der Waals surface area contributed by atoms with Crippen molar-refractivity contribution in [2.45, 2.75) is 38.1 Å². The van der Waals surface area contributed by atoms with Gasteiger partial charge in [-0.05, 0) is 31.0 Å². The number of carbonyl (C=O) groups excluding carboxylic acids is 2. The van der Waals surface area contributed by atoms with Crippen molar-refractivity contribution in [1.29, 1.82) is 0 Å². The number of nitrogens with zero attached hydrogens (tertiary/aromatic N) is 3. The van der Waals surface area contributed by atoms with Gasteiger partial charge in [0.1, 0.15) is 18.1 Å². The minimum atomic E-state index is -0.601. The van der Waals surface area contributed by atoms with Crippen LogP contribution in [0.5, 0.6) is 5.75 Å². The third-order valence-electron chi connectivity index (χ3n) is 6.74. The Hall–Kier alpha value is -3.26. The lowest BCUT2D eigenvalue weighted by molar-refractivity contribution is -0.144. The molecule has 0 bridgehead atoms. The predicted octanol–water partition coefficient (Wildman–Crippen LogP) is 4.18. The van der Waals surface area contributed by atoms with Gasteiger partial charge in [-0.3, -0.25) is 9.59 Å². The molecule has 0 saturated heterocycles. The first-order valence-electron chi connectivity index (χ1n) is 12.1. The molecule has 0 radical (unpaired) electrons. The van der Waals surface area contributed by atoms with Crippen LogP contribution >= 0.6 is 0 Å². The maximum Gasteiger partial charge on any atom is 0.262 e. The first kappa shape index (κ1) is 24.9. The van der Waals surface area contributed by atoms with Gasteiger partial charge in [0.25, 0.3) is 5.91 Å². The maximum atomic E-state index is 14.8. The molecule has 1 aliphatic heterocycles. The molecule has 2 amide bonds. The molecule has 2 aliphatic rings. The fourth-order valence-corrected chi connectivity index (χ4v) is 4.84. The van der Waals surface area contributed by atoms with Crippen molar-refractivity contribution in [2.75, 3.05) is 33.9 Å². The standard InChI is InChI=1S/C27H32FN3O4/c1-34-15-14-30(27(33)19-8-3-4-9-19)18-26(32)31-25(22-12-5-6-13-23(22)28)17-24(29-31)20-10-7-11-21(16-20)35-2/h5-7,10-13,16,19,25H,3-4,8-9,14-15,17-18H2,1-2H3. The highest BCUT2D eigenvalue weighted by Crippen LogP contribution is 2.35. The number of hydrogen-bond acceptors (Lipinski definition) is 5. The highest BCUT2D eigenvalue weighted by atomic mass is 19.1. The summed E-state index contributed by atoms with van der Waals surface area (Å²) in [5, 5.41) is 5.97. The van der Waals surface area contributed by atoms with E-state index in [0.717, 1.165) is 31.2 Å². The minimum Gasteiger partial charge on any atom is -0.497 e. The summed E-state index contributed by atoms with van der Waals surface area (Å²) in [6.07, 6.45) is 4.09. The Morgan fingerprint density at radius 1 is 1.11 bits per heavy atom. The van der Waals surface area contributed by atoms with E-state index >= 15 is 0 Å². The SMILES string of the molecule is COCCN(CC(=O)N1N=C(c2cccc(OC)c2)CC1c1ccccc1F)C(=O)C1CCCC1. The second kappa shape index (κ2) is 11.4. The number of hydrazone groups is 1. The van der Waals surface area contributed by atoms with E-state index < -0.39 is 11.9 Å². The smallest absolute Gasteiger partial charge is 0.262 e. The number of ether oxygens (including phenoxy) is 2. The molecule has 0 aromatic heterocycles. The Bertz CT molecular complexity index is 1080. The van der Waals surface area contributed by atoms with Crippen LogP contribution in [0, 0.1) is 11.7 Å². The molecule has 1 saturated carbocycles. The molecule has 35 heavy (non-hydrogen) atoms. The van der Waals surface area contributed by atoms with Crippen LogP contribution in [0.2, 0.25) is 0 Å². The van der Waals surface area contributed by atoms with Gasteiger partial charge >= 0.3 is 0 Å². The lowest BCUT2D eigenvalue weighted by Crippen LogP contribution is -2.44. The first-order chi connectivity index (χ1) is 17.0. The van der Waals surface area contributed by atoms with E-state index in [4.69, 9.17) is 9.47 Å². The Kier molecular flexibility index (Phi) is 8.13. The Labute approximate surface area is 205 Å². The van der Waals surface area contributed by atoms with Crippen LogP contribution in [0.15, 0.2) is 53.6 Å². The highest BCUT2D eigenvalue weighted by Gasteiger charge is 2.36. The van der Waals surface area contributed by atoms with E-state index in [1.807, 2.05) is 24.3 Å². The summed E-state index contributed by atoms with van der Waals surface area (Å²) in [5.41, 5.74) is 1.86. The van der Waals surface area contributed by atoms with Crippen molar-refractivity contribution in [3.05, 3.63) is 65.5 Å². The molecule has 1 aliphatic carbocycles. The third-order valence-corrected chi connectivity index (χ3v) is 6.74.